The van der Waals surface area contributed by atoms with Gasteiger partial charge >= 0.3 is 0 Å². The molecule has 0 radical (unpaired) electrons. The standard InChI is InChI=1S/C20H14FN5OS4/c21-14-5-2-1-4-12(14)10-30-20-25-24-18(31-20)23-17(27)8-13-11-29-19-22-15(9-26(13)19)16-6-3-7-28-16/h1-7,9,11H,8,10H2,(H,23,24,27). The molecule has 31 heavy (non-hydrogen) atoms. The number of anilines is 1. The Morgan fingerprint density at radius 3 is 2.90 bits per heavy atom. The van der Waals surface area contributed by atoms with Crippen LogP contribution >= 0.6 is 45.8 Å². The van der Waals surface area contributed by atoms with Crippen molar-refractivity contribution in [2.75, 3.05) is 5.32 Å². The second-order valence-corrected chi connectivity index (χ2v) is 10.4. The number of carbonyl (C=O) groups is 1. The summed E-state index contributed by atoms with van der Waals surface area (Å²) in [7, 11) is 0. The number of hydrogen-bond donors (Lipinski definition) is 1. The number of nitrogens with one attached hydrogen (secondary N) is 1. The van der Waals surface area contributed by atoms with Crippen LogP contribution in [0.25, 0.3) is 15.5 Å². The molecule has 1 aromatic carbocycles. The van der Waals surface area contributed by atoms with E-state index in [1.54, 1.807) is 29.5 Å². The summed E-state index contributed by atoms with van der Waals surface area (Å²) in [6, 6.07) is 10.7. The van der Waals surface area contributed by atoms with E-state index in [2.05, 4.69) is 20.5 Å². The van der Waals surface area contributed by atoms with Crippen molar-refractivity contribution < 1.29 is 9.18 Å². The molecule has 0 aliphatic rings. The summed E-state index contributed by atoms with van der Waals surface area (Å²) in [4.78, 5) is 19.1. The smallest absolute Gasteiger partial charge is 0.232 e. The van der Waals surface area contributed by atoms with Crippen LogP contribution in [0, 0.1) is 5.82 Å². The lowest BCUT2D eigenvalue weighted by Gasteiger charge is -2.01. The minimum Gasteiger partial charge on any atom is -0.300 e. The van der Waals surface area contributed by atoms with Crippen LogP contribution in [-0.4, -0.2) is 25.5 Å². The summed E-state index contributed by atoms with van der Waals surface area (Å²) in [6.45, 7) is 0. The molecule has 5 aromatic rings. The number of rotatable bonds is 7. The van der Waals surface area contributed by atoms with Gasteiger partial charge in [-0.15, -0.1) is 32.9 Å². The predicted octanol–water partition coefficient (Wildman–Crippen LogP) is 5.59. The van der Waals surface area contributed by atoms with Gasteiger partial charge in [-0.2, -0.15) is 0 Å². The highest BCUT2D eigenvalue weighted by Gasteiger charge is 2.15. The number of thiazole rings is 1. The van der Waals surface area contributed by atoms with E-state index < -0.39 is 0 Å². The van der Waals surface area contributed by atoms with Gasteiger partial charge in [0.05, 0.1) is 11.3 Å². The van der Waals surface area contributed by atoms with Crippen molar-refractivity contribution in [3.8, 4) is 10.6 Å². The van der Waals surface area contributed by atoms with Gasteiger partial charge in [0.25, 0.3) is 0 Å². The number of thioether (sulfide) groups is 1. The van der Waals surface area contributed by atoms with Crippen LogP contribution in [0.5, 0.6) is 0 Å². The zero-order valence-electron chi connectivity index (χ0n) is 15.8. The maximum absolute atomic E-state index is 13.7. The van der Waals surface area contributed by atoms with Crippen LogP contribution < -0.4 is 5.32 Å². The lowest BCUT2D eigenvalue weighted by Crippen LogP contribution is -2.15. The van der Waals surface area contributed by atoms with Gasteiger partial charge in [0.2, 0.25) is 11.0 Å². The van der Waals surface area contributed by atoms with Crippen molar-refractivity contribution in [1.29, 1.82) is 0 Å². The zero-order valence-corrected chi connectivity index (χ0v) is 19.1. The molecule has 4 aromatic heterocycles. The van der Waals surface area contributed by atoms with Gasteiger partial charge in [0.15, 0.2) is 9.30 Å². The van der Waals surface area contributed by atoms with Gasteiger partial charge < -0.3 is 5.32 Å². The highest BCUT2D eigenvalue weighted by atomic mass is 32.2. The number of nitrogens with zero attached hydrogens (tertiary/aromatic N) is 4. The van der Waals surface area contributed by atoms with E-state index in [-0.39, 0.29) is 18.1 Å². The number of benzene rings is 1. The third kappa shape index (κ3) is 4.54. The Morgan fingerprint density at radius 2 is 2.06 bits per heavy atom. The van der Waals surface area contributed by atoms with Crippen LogP contribution in [0.3, 0.4) is 0 Å². The van der Waals surface area contributed by atoms with E-state index in [1.807, 2.05) is 33.5 Å². The Bertz CT molecular complexity index is 1340. The van der Waals surface area contributed by atoms with E-state index in [4.69, 9.17) is 0 Å². The maximum atomic E-state index is 13.7. The van der Waals surface area contributed by atoms with E-state index in [0.717, 1.165) is 21.2 Å². The first kappa shape index (κ1) is 20.3. The van der Waals surface area contributed by atoms with Crippen LogP contribution in [0.1, 0.15) is 11.3 Å². The lowest BCUT2D eigenvalue weighted by atomic mass is 10.2. The van der Waals surface area contributed by atoms with Gasteiger partial charge in [0.1, 0.15) is 11.5 Å². The normalized spacial score (nSPS) is 11.3. The molecule has 1 amide bonds. The van der Waals surface area contributed by atoms with Crippen molar-refractivity contribution in [1.82, 2.24) is 19.6 Å². The molecule has 0 saturated carbocycles. The molecule has 6 nitrogen and oxygen atoms in total. The number of imidazole rings is 1. The third-order valence-corrected chi connectivity index (χ3v) is 8.16. The van der Waals surface area contributed by atoms with E-state index >= 15 is 0 Å². The van der Waals surface area contributed by atoms with Crippen LogP contribution in [0.4, 0.5) is 9.52 Å². The Kier molecular flexibility index (Phi) is 5.81. The molecule has 0 aliphatic heterocycles. The number of fused-ring (bicyclic) bond motifs is 1. The highest BCUT2D eigenvalue weighted by molar-refractivity contribution is 8.00. The van der Waals surface area contributed by atoms with Gasteiger partial charge in [0, 0.05) is 23.0 Å². The molecule has 4 heterocycles. The largest absolute Gasteiger partial charge is 0.300 e. The number of aromatic nitrogens is 4. The Hall–Kier alpha value is -2.60. The first-order valence-electron chi connectivity index (χ1n) is 9.14. The fraction of sp³-hybridized carbons (Fsp3) is 0.100. The molecular weight excluding hydrogens is 474 g/mol. The summed E-state index contributed by atoms with van der Waals surface area (Å²) in [5.74, 6) is 0.0414. The summed E-state index contributed by atoms with van der Waals surface area (Å²) in [6.07, 6.45) is 2.17. The topological polar surface area (TPSA) is 72.2 Å². The highest BCUT2D eigenvalue weighted by Crippen LogP contribution is 2.30. The number of thiophene rings is 1. The molecule has 5 rings (SSSR count). The van der Waals surface area contributed by atoms with E-state index in [0.29, 0.717) is 20.8 Å². The number of amides is 1. The van der Waals surface area contributed by atoms with Crippen molar-refractivity contribution in [2.45, 2.75) is 16.5 Å². The number of halogens is 1. The molecule has 0 bridgehead atoms. The molecule has 1 N–H and O–H groups in total. The molecule has 0 unspecified atom stereocenters. The summed E-state index contributed by atoms with van der Waals surface area (Å²) in [5.41, 5.74) is 2.38. The quantitative estimate of drug-likeness (QED) is 0.239. The van der Waals surface area contributed by atoms with Gasteiger partial charge in [-0.05, 0) is 23.1 Å². The Labute approximate surface area is 192 Å². The molecule has 11 heteroatoms. The SMILES string of the molecule is O=C(Cc1csc2nc(-c3cccs3)cn12)Nc1nnc(SCc2ccccc2F)s1. The number of carbonyl (C=O) groups excluding carboxylic acids is 1. The van der Waals surface area contributed by atoms with E-state index in [9.17, 15) is 9.18 Å². The molecule has 0 aliphatic carbocycles. The van der Waals surface area contributed by atoms with Crippen LogP contribution in [0.15, 0.2) is 57.7 Å². The van der Waals surface area contributed by atoms with Gasteiger partial charge in [-0.1, -0.05) is 47.4 Å². The molecule has 0 atom stereocenters. The monoisotopic (exact) mass is 487 g/mol. The maximum Gasteiger partial charge on any atom is 0.232 e. The first-order valence-corrected chi connectivity index (χ1v) is 12.7. The summed E-state index contributed by atoms with van der Waals surface area (Å²) < 4.78 is 16.4. The fourth-order valence-electron chi connectivity index (χ4n) is 2.90. The zero-order chi connectivity index (χ0) is 21.2. The number of hydrogen-bond acceptors (Lipinski definition) is 8. The molecule has 0 saturated heterocycles. The van der Waals surface area contributed by atoms with Crippen molar-refractivity contribution in [3.05, 3.63) is 70.4 Å². The molecule has 0 spiro atoms. The van der Waals surface area contributed by atoms with Crippen LogP contribution in [0.2, 0.25) is 0 Å². The Morgan fingerprint density at radius 1 is 1.16 bits per heavy atom. The average Bonchev–Trinajstić information content (AvgIpc) is 3.53. The second-order valence-electron chi connectivity index (χ2n) is 6.46. The average molecular weight is 488 g/mol. The molecule has 156 valence electrons. The lowest BCUT2D eigenvalue weighted by molar-refractivity contribution is -0.115. The fourth-order valence-corrected chi connectivity index (χ4v) is 6.21. The first-order chi connectivity index (χ1) is 15.2. The minimum absolute atomic E-state index is 0.173. The molecular formula is C20H14FN5OS4. The third-order valence-electron chi connectivity index (χ3n) is 4.36. The summed E-state index contributed by atoms with van der Waals surface area (Å²) in [5, 5.41) is 15.3. The molecule has 0 fully saturated rings. The van der Waals surface area contributed by atoms with E-state index in [1.165, 1.54) is 40.5 Å². The van der Waals surface area contributed by atoms with Gasteiger partial charge in [-0.3, -0.25) is 9.20 Å². The summed E-state index contributed by atoms with van der Waals surface area (Å²) >= 11 is 5.81. The van der Waals surface area contributed by atoms with Crippen molar-refractivity contribution in [3.63, 3.8) is 0 Å². The van der Waals surface area contributed by atoms with Crippen molar-refractivity contribution >= 4 is 61.8 Å². The van der Waals surface area contributed by atoms with Gasteiger partial charge in [-0.25, -0.2) is 9.37 Å². The van der Waals surface area contributed by atoms with Crippen molar-refractivity contribution in [2.24, 2.45) is 0 Å². The minimum atomic E-state index is -0.239. The second kappa shape index (κ2) is 8.87. The van der Waals surface area contributed by atoms with Crippen LogP contribution in [-0.2, 0) is 17.0 Å². The Balaban J connectivity index is 1.22. The predicted molar refractivity (Wildman–Crippen MR) is 125 cm³/mol.